The van der Waals surface area contributed by atoms with Gasteiger partial charge in [0.15, 0.2) is 0 Å². The zero-order valence-corrected chi connectivity index (χ0v) is 5.09. The van der Waals surface area contributed by atoms with Crippen molar-refractivity contribution in [1.29, 1.82) is 0 Å². The van der Waals surface area contributed by atoms with Gasteiger partial charge >= 0.3 is 0 Å². The van der Waals surface area contributed by atoms with Crippen molar-refractivity contribution in [1.82, 2.24) is 10.6 Å². The predicted molar refractivity (Wildman–Crippen MR) is 36.4 cm³/mol. The lowest BCUT2D eigenvalue weighted by atomic mass is 10.1. The molecule has 0 aliphatic carbocycles. The van der Waals surface area contributed by atoms with E-state index >= 15 is 0 Å². The molecule has 9 heavy (non-hydrogen) atoms. The molecule has 1 atom stereocenters. The molecular formula is C6H9N3. The van der Waals surface area contributed by atoms with Crippen molar-refractivity contribution >= 4 is 6.34 Å². The number of hydrogen-bond donors (Lipinski definition) is 2. The Bertz CT molecular complexity index is 171. The summed E-state index contributed by atoms with van der Waals surface area (Å²) in [4.78, 5) is 3.98. The molecule has 0 aromatic heterocycles. The fourth-order valence-electron chi connectivity index (χ4n) is 1.18. The smallest absolute Gasteiger partial charge is 0.0884 e. The van der Waals surface area contributed by atoms with Gasteiger partial charge in [0.1, 0.15) is 0 Å². The van der Waals surface area contributed by atoms with E-state index < -0.39 is 0 Å². The number of aliphatic imine (C=N–C) groups is 1. The van der Waals surface area contributed by atoms with E-state index in [4.69, 9.17) is 0 Å². The lowest BCUT2D eigenvalue weighted by molar-refractivity contribution is 0.721. The minimum absolute atomic E-state index is 0.516. The van der Waals surface area contributed by atoms with E-state index in [-0.39, 0.29) is 0 Å². The topological polar surface area (TPSA) is 36.4 Å². The summed E-state index contributed by atoms with van der Waals surface area (Å²) >= 11 is 0. The van der Waals surface area contributed by atoms with E-state index in [0.29, 0.717) is 6.04 Å². The normalized spacial score (nSPS) is 31.1. The van der Waals surface area contributed by atoms with Crippen molar-refractivity contribution in [2.45, 2.75) is 6.04 Å². The van der Waals surface area contributed by atoms with Gasteiger partial charge < -0.3 is 10.6 Å². The molecule has 3 nitrogen and oxygen atoms in total. The molecule has 0 radical (unpaired) electrons. The summed E-state index contributed by atoms with van der Waals surface area (Å²) < 4.78 is 0. The molecule has 2 heterocycles. The lowest BCUT2D eigenvalue weighted by Crippen LogP contribution is -2.32. The van der Waals surface area contributed by atoms with E-state index in [1.807, 2.05) is 6.20 Å². The summed E-state index contributed by atoms with van der Waals surface area (Å²) in [5.74, 6) is 0. The molecule has 48 valence electrons. The van der Waals surface area contributed by atoms with Gasteiger partial charge in [-0.2, -0.15) is 0 Å². The van der Waals surface area contributed by atoms with Crippen molar-refractivity contribution in [3.63, 3.8) is 0 Å². The van der Waals surface area contributed by atoms with Gasteiger partial charge in [-0.25, -0.2) is 4.99 Å². The molecule has 0 saturated carbocycles. The summed E-state index contributed by atoms with van der Waals surface area (Å²) in [6.07, 6.45) is 3.68. The quantitative estimate of drug-likeness (QED) is 0.454. The van der Waals surface area contributed by atoms with Crippen LogP contribution in [0, 0.1) is 0 Å². The Morgan fingerprint density at radius 3 is 3.56 bits per heavy atom. The standard InChI is InChI=1S/C6H9N3/c1-5-2-8-4-9-6(5)3-7-1/h2,4,6-7H,1,3H2,(H,8,9). The SMILES string of the molecule is C1=NC=C2CNCC2N1. The second-order valence-electron chi connectivity index (χ2n) is 2.33. The maximum Gasteiger partial charge on any atom is 0.0884 e. The van der Waals surface area contributed by atoms with E-state index in [0.717, 1.165) is 13.1 Å². The first-order valence-electron chi connectivity index (χ1n) is 3.14. The number of fused-ring (bicyclic) bond motifs is 1. The third-order valence-corrected chi connectivity index (χ3v) is 1.72. The molecule has 1 fully saturated rings. The Labute approximate surface area is 53.9 Å². The molecule has 3 heteroatoms. The van der Waals surface area contributed by atoms with E-state index in [1.54, 1.807) is 6.34 Å². The van der Waals surface area contributed by atoms with Crippen molar-refractivity contribution < 1.29 is 0 Å². The zero-order chi connectivity index (χ0) is 6.10. The highest BCUT2D eigenvalue weighted by Crippen LogP contribution is 2.08. The number of nitrogens with one attached hydrogen (secondary N) is 2. The highest BCUT2D eigenvalue weighted by atomic mass is 15.1. The van der Waals surface area contributed by atoms with Crippen LogP contribution in [-0.4, -0.2) is 25.5 Å². The molecule has 0 amide bonds. The van der Waals surface area contributed by atoms with Gasteiger partial charge in [-0.3, -0.25) is 0 Å². The number of rotatable bonds is 0. The fraction of sp³-hybridized carbons (Fsp3) is 0.500. The first kappa shape index (κ1) is 4.99. The van der Waals surface area contributed by atoms with Gasteiger partial charge in [0.05, 0.1) is 12.4 Å². The van der Waals surface area contributed by atoms with Crippen LogP contribution >= 0.6 is 0 Å². The first-order valence-corrected chi connectivity index (χ1v) is 3.14. The summed E-state index contributed by atoms with van der Waals surface area (Å²) in [5, 5.41) is 6.41. The molecule has 2 rings (SSSR count). The molecule has 0 spiro atoms. The van der Waals surface area contributed by atoms with E-state index in [2.05, 4.69) is 15.6 Å². The molecule has 0 aromatic rings. The average molecular weight is 123 g/mol. The second kappa shape index (κ2) is 1.84. The van der Waals surface area contributed by atoms with Gasteiger partial charge in [0.25, 0.3) is 0 Å². The van der Waals surface area contributed by atoms with Crippen LogP contribution in [0.25, 0.3) is 0 Å². The van der Waals surface area contributed by atoms with Gasteiger partial charge in [0, 0.05) is 19.3 Å². The van der Waals surface area contributed by atoms with Crippen molar-refractivity contribution in [2.75, 3.05) is 13.1 Å². The maximum absolute atomic E-state index is 3.98. The van der Waals surface area contributed by atoms with Gasteiger partial charge in [-0.05, 0) is 5.57 Å². The summed E-state index contributed by atoms with van der Waals surface area (Å²) in [6.45, 7) is 2.03. The van der Waals surface area contributed by atoms with Crippen LogP contribution in [-0.2, 0) is 0 Å². The Morgan fingerprint density at radius 2 is 2.67 bits per heavy atom. The molecule has 1 saturated heterocycles. The van der Waals surface area contributed by atoms with E-state index in [9.17, 15) is 0 Å². The molecule has 0 aromatic carbocycles. The Hall–Kier alpha value is -0.830. The fourth-order valence-corrected chi connectivity index (χ4v) is 1.18. The highest BCUT2D eigenvalue weighted by Gasteiger charge is 2.19. The monoisotopic (exact) mass is 123 g/mol. The molecule has 0 bridgehead atoms. The molecule has 2 aliphatic heterocycles. The van der Waals surface area contributed by atoms with Gasteiger partial charge in [-0.1, -0.05) is 0 Å². The summed E-state index contributed by atoms with van der Waals surface area (Å²) in [7, 11) is 0. The Morgan fingerprint density at radius 1 is 1.67 bits per heavy atom. The van der Waals surface area contributed by atoms with E-state index in [1.165, 1.54) is 5.57 Å². The molecule has 2 N–H and O–H groups in total. The van der Waals surface area contributed by atoms with Gasteiger partial charge in [-0.15, -0.1) is 0 Å². The van der Waals surface area contributed by atoms with Crippen molar-refractivity contribution in [3.05, 3.63) is 11.8 Å². The summed E-state index contributed by atoms with van der Waals surface area (Å²) in [6, 6.07) is 0.516. The highest BCUT2D eigenvalue weighted by molar-refractivity contribution is 5.59. The lowest BCUT2D eigenvalue weighted by Gasteiger charge is -2.12. The second-order valence-corrected chi connectivity index (χ2v) is 2.33. The van der Waals surface area contributed by atoms with Crippen LogP contribution in [0.4, 0.5) is 0 Å². The van der Waals surface area contributed by atoms with Gasteiger partial charge in [0.2, 0.25) is 0 Å². The minimum atomic E-state index is 0.516. The van der Waals surface area contributed by atoms with Crippen molar-refractivity contribution in [2.24, 2.45) is 4.99 Å². The predicted octanol–water partition coefficient (Wildman–Crippen LogP) is -0.526. The molecule has 2 aliphatic rings. The van der Waals surface area contributed by atoms with Crippen molar-refractivity contribution in [3.8, 4) is 0 Å². The third-order valence-electron chi connectivity index (χ3n) is 1.72. The van der Waals surface area contributed by atoms with Crippen LogP contribution in [0.2, 0.25) is 0 Å². The Kier molecular flexibility index (Phi) is 1.02. The van der Waals surface area contributed by atoms with Crippen LogP contribution < -0.4 is 10.6 Å². The zero-order valence-electron chi connectivity index (χ0n) is 5.09. The third kappa shape index (κ3) is 0.733. The molecular weight excluding hydrogens is 114 g/mol. The number of hydrogen-bond acceptors (Lipinski definition) is 3. The number of nitrogens with zero attached hydrogens (tertiary/aromatic N) is 1. The van der Waals surface area contributed by atoms with Crippen LogP contribution in [0.1, 0.15) is 0 Å². The van der Waals surface area contributed by atoms with Crippen LogP contribution in [0.5, 0.6) is 0 Å². The van der Waals surface area contributed by atoms with Crippen LogP contribution in [0.15, 0.2) is 16.8 Å². The largest absolute Gasteiger partial charge is 0.368 e. The average Bonchev–Trinajstić information content (AvgIpc) is 2.33. The Balaban J connectivity index is 2.23. The minimum Gasteiger partial charge on any atom is -0.368 e. The molecule has 1 unspecified atom stereocenters. The first-order chi connectivity index (χ1) is 4.47. The maximum atomic E-state index is 3.98. The summed E-state index contributed by atoms with van der Waals surface area (Å²) in [5.41, 5.74) is 1.37. The van der Waals surface area contributed by atoms with Crippen LogP contribution in [0.3, 0.4) is 0 Å².